The van der Waals surface area contributed by atoms with Crippen LogP contribution in [0.2, 0.25) is 0 Å². The van der Waals surface area contributed by atoms with Crippen molar-refractivity contribution in [1.29, 1.82) is 0 Å². The van der Waals surface area contributed by atoms with E-state index < -0.39 is 21.8 Å². The van der Waals surface area contributed by atoms with Gasteiger partial charge < -0.3 is 10.4 Å². The van der Waals surface area contributed by atoms with Crippen LogP contribution in [0.5, 0.6) is 0 Å². The Balaban J connectivity index is 4.09. The third kappa shape index (κ3) is 5.74. The van der Waals surface area contributed by atoms with E-state index in [1.807, 2.05) is 0 Å². The van der Waals surface area contributed by atoms with Crippen LogP contribution in [-0.4, -0.2) is 43.6 Å². The van der Waals surface area contributed by atoms with E-state index in [0.717, 1.165) is 0 Å². The quantitative estimate of drug-likeness (QED) is 0.657. The first-order valence-corrected chi connectivity index (χ1v) is 6.79. The minimum atomic E-state index is -3.02. The van der Waals surface area contributed by atoms with E-state index in [-0.39, 0.29) is 24.0 Å². The van der Waals surface area contributed by atoms with Gasteiger partial charge in [-0.05, 0) is 5.92 Å². The molecule has 5 nitrogen and oxygen atoms in total. The second kappa shape index (κ2) is 6.07. The van der Waals surface area contributed by atoms with Crippen molar-refractivity contribution in [2.45, 2.75) is 26.8 Å². The molecule has 0 aliphatic rings. The first-order chi connectivity index (χ1) is 6.80. The van der Waals surface area contributed by atoms with Crippen LogP contribution < -0.4 is 5.32 Å². The normalized spacial score (nSPS) is 14.1. The van der Waals surface area contributed by atoms with Crippen LogP contribution in [0, 0.1) is 5.92 Å². The zero-order valence-electron chi connectivity index (χ0n) is 9.36. The van der Waals surface area contributed by atoms with Crippen LogP contribution in [0.3, 0.4) is 0 Å². The Bertz CT molecular complexity index is 297. The molecular weight excluding hydrogens is 218 g/mol. The van der Waals surface area contributed by atoms with Gasteiger partial charge in [0.1, 0.15) is 6.04 Å². The van der Waals surface area contributed by atoms with Crippen LogP contribution in [0.1, 0.15) is 20.8 Å². The zero-order chi connectivity index (χ0) is 12.1. The molecule has 0 amide bonds. The summed E-state index contributed by atoms with van der Waals surface area (Å²) in [6.07, 6.45) is 0. The van der Waals surface area contributed by atoms with Crippen LogP contribution in [0.4, 0.5) is 0 Å². The zero-order valence-corrected chi connectivity index (χ0v) is 10.2. The Hall–Kier alpha value is -0.620. The monoisotopic (exact) mass is 237 g/mol. The van der Waals surface area contributed by atoms with Gasteiger partial charge in [0.25, 0.3) is 0 Å². The average Bonchev–Trinajstić information content (AvgIpc) is 2.11. The summed E-state index contributed by atoms with van der Waals surface area (Å²) in [6.45, 7) is 5.32. The summed E-state index contributed by atoms with van der Waals surface area (Å²) in [5.41, 5.74) is 0. The largest absolute Gasteiger partial charge is 0.480 e. The molecule has 0 aliphatic carbocycles. The lowest BCUT2D eigenvalue weighted by molar-refractivity contribution is -0.140. The number of sulfone groups is 1. The summed E-state index contributed by atoms with van der Waals surface area (Å²) in [5, 5.41) is 11.5. The van der Waals surface area contributed by atoms with Crippen LogP contribution in [0.15, 0.2) is 0 Å². The van der Waals surface area contributed by atoms with Crippen molar-refractivity contribution in [3.05, 3.63) is 0 Å². The van der Waals surface area contributed by atoms with Gasteiger partial charge in [0.15, 0.2) is 9.84 Å². The highest BCUT2D eigenvalue weighted by Gasteiger charge is 2.20. The molecule has 0 heterocycles. The van der Waals surface area contributed by atoms with Crippen LogP contribution in [-0.2, 0) is 14.6 Å². The molecule has 1 unspecified atom stereocenters. The lowest BCUT2D eigenvalue weighted by atomic mass is 10.1. The van der Waals surface area contributed by atoms with E-state index in [1.165, 1.54) is 0 Å². The number of nitrogens with one attached hydrogen (secondary N) is 1. The number of hydrogen-bond donors (Lipinski definition) is 2. The van der Waals surface area contributed by atoms with Gasteiger partial charge in [-0.15, -0.1) is 0 Å². The van der Waals surface area contributed by atoms with Gasteiger partial charge in [0, 0.05) is 12.3 Å². The second-order valence-corrected chi connectivity index (χ2v) is 6.22. The van der Waals surface area contributed by atoms with Crippen molar-refractivity contribution >= 4 is 15.8 Å². The number of carboxylic acid groups (broad SMARTS) is 1. The van der Waals surface area contributed by atoms with Crippen LogP contribution in [0.25, 0.3) is 0 Å². The first kappa shape index (κ1) is 14.4. The fourth-order valence-corrected chi connectivity index (χ4v) is 1.84. The molecule has 1 atom stereocenters. The summed E-state index contributed by atoms with van der Waals surface area (Å²) >= 11 is 0. The molecular formula is C9H19NO4S. The first-order valence-electron chi connectivity index (χ1n) is 4.96. The molecule has 0 fully saturated rings. The highest BCUT2D eigenvalue weighted by atomic mass is 32.2. The summed E-state index contributed by atoms with van der Waals surface area (Å²) in [6, 6.07) is -0.683. The molecule has 2 N–H and O–H groups in total. The Morgan fingerprint density at radius 2 is 1.93 bits per heavy atom. The smallest absolute Gasteiger partial charge is 0.320 e. The maximum Gasteiger partial charge on any atom is 0.320 e. The molecule has 90 valence electrons. The molecule has 6 heteroatoms. The summed E-state index contributed by atoms with van der Waals surface area (Å²) in [4.78, 5) is 10.8. The predicted molar refractivity (Wildman–Crippen MR) is 58.6 cm³/mol. The number of aliphatic carboxylic acids is 1. The fraction of sp³-hybridized carbons (Fsp3) is 0.889. The van der Waals surface area contributed by atoms with Gasteiger partial charge in [-0.2, -0.15) is 0 Å². The number of rotatable bonds is 7. The van der Waals surface area contributed by atoms with Crippen molar-refractivity contribution in [3.63, 3.8) is 0 Å². The van der Waals surface area contributed by atoms with E-state index >= 15 is 0 Å². The molecule has 0 aliphatic heterocycles. The second-order valence-electron chi connectivity index (χ2n) is 3.75. The number of carbonyl (C=O) groups is 1. The molecule has 0 aromatic carbocycles. The summed E-state index contributed by atoms with van der Waals surface area (Å²) in [5.74, 6) is -0.931. The average molecular weight is 237 g/mol. The maximum atomic E-state index is 11.1. The van der Waals surface area contributed by atoms with Crippen LogP contribution >= 0.6 is 0 Å². The Kier molecular flexibility index (Phi) is 5.82. The minimum Gasteiger partial charge on any atom is -0.480 e. The van der Waals surface area contributed by atoms with E-state index in [0.29, 0.717) is 0 Å². The third-order valence-corrected chi connectivity index (χ3v) is 3.86. The standard InChI is InChI=1S/C9H19NO4S/c1-4-15(13,14)6-5-10-8(7(2)3)9(11)12/h7-8,10H,4-6H2,1-3H3,(H,11,12). The van der Waals surface area contributed by atoms with Crippen molar-refractivity contribution in [2.24, 2.45) is 5.92 Å². The minimum absolute atomic E-state index is 0.0139. The van der Waals surface area contributed by atoms with E-state index in [9.17, 15) is 13.2 Å². The van der Waals surface area contributed by atoms with Gasteiger partial charge in [-0.25, -0.2) is 8.42 Å². The molecule has 0 aromatic rings. The van der Waals surface area contributed by atoms with Gasteiger partial charge >= 0.3 is 5.97 Å². The molecule has 15 heavy (non-hydrogen) atoms. The van der Waals surface area contributed by atoms with Gasteiger partial charge in [0.05, 0.1) is 5.75 Å². The van der Waals surface area contributed by atoms with Gasteiger partial charge in [-0.1, -0.05) is 20.8 Å². The fourth-order valence-electron chi connectivity index (χ4n) is 1.12. The number of hydrogen-bond acceptors (Lipinski definition) is 4. The van der Waals surface area contributed by atoms with Gasteiger partial charge in [-0.3, -0.25) is 4.79 Å². The van der Waals surface area contributed by atoms with Crippen molar-refractivity contribution in [2.75, 3.05) is 18.1 Å². The summed E-state index contributed by atoms with van der Waals surface area (Å²) in [7, 11) is -3.02. The maximum absolute atomic E-state index is 11.1. The van der Waals surface area contributed by atoms with E-state index in [4.69, 9.17) is 5.11 Å². The van der Waals surface area contributed by atoms with Crippen molar-refractivity contribution in [1.82, 2.24) is 5.32 Å². The molecule has 0 aromatic heterocycles. The third-order valence-electron chi connectivity index (χ3n) is 2.15. The van der Waals surface area contributed by atoms with E-state index in [1.54, 1.807) is 20.8 Å². The van der Waals surface area contributed by atoms with E-state index in [2.05, 4.69) is 5.32 Å². The predicted octanol–water partition coefficient (Wildman–Crippen LogP) is 0.120. The Labute approximate surface area is 90.8 Å². The SMILES string of the molecule is CCS(=O)(=O)CCNC(C(=O)O)C(C)C. The molecule has 0 rings (SSSR count). The summed E-state index contributed by atoms with van der Waals surface area (Å²) < 4.78 is 22.3. The topological polar surface area (TPSA) is 83.5 Å². The number of carboxylic acids is 1. The Morgan fingerprint density at radius 3 is 2.27 bits per heavy atom. The Morgan fingerprint density at radius 1 is 1.40 bits per heavy atom. The molecule has 0 radical (unpaired) electrons. The lowest BCUT2D eigenvalue weighted by Gasteiger charge is -2.17. The molecule has 0 bridgehead atoms. The van der Waals surface area contributed by atoms with Crippen molar-refractivity contribution in [3.8, 4) is 0 Å². The molecule has 0 spiro atoms. The lowest BCUT2D eigenvalue weighted by Crippen LogP contribution is -2.43. The highest BCUT2D eigenvalue weighted by Crippen LogP contribution is 2.01. The van der Waals surface area contributed by atoms with Gasteiger partial charge in [0.2, 0.25) is 0 Å². The molecule has 0 saturated carbocycles. The van der Waals surface area contributed by atoms with Crippen molar-refractivity contribution < 1.29 is 18.3 Å². The molecule has 0 saturated heterocycles. The highest BCUT2D eigenvalue weighted by molar-refractivity contribution is 7.91.